The number of rotatable bonds is 4. The summed E-state index contributed by atoms with van der Waals surface area (Å²) in [6.45, 7) is 2.03. The summed E-state index contributed by atoms with van der Waals surface area (Å²) in [5.74, 6) is 0.512. The van der Waals surface area contributed by atoms with Gasteiger partial charge in [-0.3, -0.25) is 0 Å². The van der Waals surface area contributed by atoms with E-state index in [4.69, 9.17) is 0 Å². The highest BCUT2D eigenvalue weighted by atomic mass is 79.9. The van der Waals surface area contributed by atoms with Crippen molar-refractivity contribution in [2.24, 2.45) is 0 Å². The molecule has 0 saturated carbocycles. The van der Waals surface area contributed by atoms with E-state index in [1.807, 2.05) is 19.1 Å². The Balaban J connectivity index is 2.44. The van der Waals surface area contributed by atoms with Gasteiger partial charge in [-0.2, -0.15) is 5.26 Å². The second-order valence-corrected chi connectivity index (χ2v) is 6.11. The van der Waals surface area contributed by atoms with Crippen molar-refractivity contribution in [2.45, 2.75) is 11.8 Å². The standard InChI is InChI=1S/C15H12BrFN2S/c1-2-20-14-8-4-7-13(10(14)9-18)19-15-11(16)5-3-6-12(15)17/h3-8,19H,2H2,1H3. The van der Waals surface area contributed by atoms with Gasteiger partial charge in [-0.15, -0.1) is 11.8 Å². The Kier molecular flexibility index (Phi) is 5.05. The fourth-order valence-electron chi connectivity index (χ4n) is 1.78. The lowest BCUT2D eigenvalue weighted by Gasteiger charge is -2.13. The first-order chi connectivity index (χ1) is 9.67. The van der Waals surface area contributed by atoms with Crippen LogP contribution in [0.1, 0.15) is 12.5 Å². The van der Waals surface area contributed by atoms with Crippen molar-refractivity contribution in [1.29, 1.82) is 5.26 Å². The average molecular weight is 351 g/mol. The smallest absolute Gasteiger partial charge is 0.147 e. The topological polar surface area (TPSA) is 35.8 Å². The largest absolute Gasteiger partial charge is 0.351 e. The Labute approximate surface area is 130 Å². The maximum absolute atomic E-state index is 13.8. The predicted octanol–water partition coefficient (Wildman–Crippen LogP) is 5.32. The van der Waals surface area contributed by atoms with Crippen molar-refractivity contribution < 1.29 is 4.39 Å². The van der Waals surface area contributed by atoms with Gasteiger partial charge in [-0.25, -0.2) is 4.39 Å². The molecular weight excluding hydrogens is 339 g/mol. The number of nitrogens with zero attached hydrogens (tertiary/aromatic N) is 1. The van der Waals surface area contributed by atoms with Crippen molar-refractivity contribution in [3.05, 3.63) is 52.3 Å². The zero-order chi connectivity index (χ0) is 14.5. The highest BCUT2D eigenvalue weighted by Gasteiger charge is 2.12. The third kappa shape index (κ3) is 3.14. The molecule has 102 valence electrons. The molecule has 0 amide bonds. The van der Waals surface area contributed by atoms with Crippen LogP contribution in [-0.2, 0) is 0 Å². The van der Waals surface area contributed by atoms with Crippen LogP contribution in [0.25, 0.3) is 0 Å². The first-order valence-corrected chi connectivity index (χ1v) is 7.82. The monoisotopic (exact) mass is 350 g/mol. The van der Waals surface area contributed by atoms with E-state index in [-0.39, 0.29) is 5.82 Å². The summed E-state index contributed by atoms with van der Waals surface area (Å²) in [6.07, 6.45) is 0. The minimum atomic E-state index is -0.364. The highest BCUT2D eigenvalue weighted by Crippen LogP contribution is 2.33. The number of nitrogens with one attached hydrogen (secondary N) is 1. The summed E-state index contributed by atoms with van der Waals surface area (Å²) >= 11 is 4.90. The molecule has 2 aromatic carbocycles. The quantitative estimate of drug-likeness (QED) is 0.758. The lowest BCUT2D eigenvalue weighted by Crippen LogP contribution is -1.98. The number of nitriles is 1. The van der Waals surface area contributed by atoms with E-state index in [2.05, 4.69) is 27.3 Å². The minimum Gasteiger partial charge on any atom is -0.351 e. The summed E-state index contributed by atoms with van der Waals surface area (Å²) in [6, 6.07) is 12.5. The normalized spacial score (nSPS) is 10.1. The van der Waals surface area contributed by atoms with Gasteiger partial charge in [0, 0.05) is 9.37 Å². The molecule has 0 aliphatic heterocycles. The van der Waals surface area contributed by atoms with E-state index in [0.29, 0.717) is 21.4 Å². The second-order valence-electron chi connectivity index (χ2n) is 3.95. The molecule has 0 saturated heterocycles. The number of halogens is 2. The van der Waals surface area contributed by atoms with Gasteiger partial charge >= 0.3 is 0 Å². The van der Waals surface area contributed by atoms with Crippen LogP contribution in [0.4, 0.5) is 15.8 Å². The fourth-order valence-corrected chi connectivity index (χ4v) is 3.01. The van der Waals surface area contributed by atoms with Crippen LogP contribution in [0.5, 0.6) is 0 Å². The fraction of sp³-hybridized carbons (Fsp3) is 0.133. The predicted molar refractivity (Wildman–Crippen MR) is 84.9 cm³/mol. The van der Waals surface area contributed by atoms with Gasteiger partial charge in [0.15, 0.2) is 0 Å². The molecule has 2 aromatic rings. The number of thioether (sulfide) groups is 1. The van der Waals surface area contributed by atoms with Crippen LogP contribution in [0, 0.1) is 17.1 Å². The van der Waals surface area contributed by atoms with Gasteiger partial charge in [0.25, 0.3) is 0 Å². The molecule has 0 unspecified atom stereocenters. The van der Waals surface area contributed by atoms with E-state index >= 15 is 0 Å². The molecule has 0 bridgehead atoms. The summed E-state index contributed by atoms with van der Waals surface area (Å²) in [4.78, 5) is 0.896. The van der Waals surface area contributed by atoms with E-state index in [1.165, 1.54) is 6.07 Å². The number of hydrogen-bond acceptors (Lipinski definition) is 3. The van der Waals surface area contributed by atoms with Crippen LogP contribution < -0.4 is 5.32 Å². The molecular formula is C15H12BrFN2S. The van der Waals surface area contributed by atoms with Crippen LogP contribution >= 0.6 is 27.7 Å². The second kappa shape index (κ2) is 6.78. The Morgan fingerprint density at radius 1 is 1.30 bits per heavy atom. The summed E-state index contributed by atoms with van der Waals surface area (Å²) < 4.78 is 14.5. The maximum atomic E-state index is 13.8. The molecule has 2 rings (SSSR count). The van der Waals surface area contributed by atoms with Gasteiger partial charge in [0.1, 0.15) is 11.9 Å². The zero-order valence-corrected chi connectivity index (χ0v) is 13.2. The SMILES string of the molecule is CCSc1cccc(Nc2c(F)cccc2Br)c1C#N. The summed E-state index contributed by atoms with van der Waals surface area (Å²) in [7, 11) is 0. The first-order valence-electron chi connectivity index (χ1n) is 6.04. The average Bonchev–Trinajstić information content (AvgIpc) is 2.43. The Bertz CT molecular complexity index is 647. The highest BCUT2D eigenvalue weighted by molar-refractivity contribution is 9.10. The Hall–Kier alpha value is -1.51. The van der Waals surface area contributed by atoms with Crippen LogP contribution in [0.15, 0.2) is 45.8 Å². The molecule has 0 fully saturated rings. The van der Waals surface area contributed by atoms with Crippen molar-refractivity contribution in [3.8, 4) is 6.07 Å². The number of anilines is 2. The molecule has 5 heteroatoms. The lowest BCUT2D eigenvalue weighted by molar-refractivity contribution is 0.631. The third-order valence-electron chi connectivity index (χ3n) is 2.66. The summed E-state index contributed by atoms with van der Waals surface area (Å²) in [5, 5.41) is 12.3. The van der Waals surface area contributed by atoms with Gasteiger partial charge in [-0.05, 0) is 45.9 Å². The van der Waals surface area contributed by atoms with Gasteiger partial charge in [0.05, 0.1) is 16.9 Å². The van der Waals surface area contributed by atoms with Crippen molar-refractivity contribution in [1.82, 2.24) is 0 Å². The molecule has 0 atom stereocenters. The third-order valence-corrected chi connectivity index (χ3v) is 4.26. The Morgan fingerprint density at radius 3 is 2.70 bits per heavy atom. The zero-order valence-electron chi connectivity index (χ0n) is 10.8. The van der Waals surface area contributed by atoms with Crippen LogP contribution in [-0.4, -0.2) is 5.75 Å². The number of hydrogen-bond donors (Lipinski definition) is 1. The van der Waals surface area contributed by atoms with E-state index in [1.54, 1.807) is 30.0 Å². The molecule has 0 radical (unpaired) electrons. The Morgan fingerprint density at radius 2 is 2.05 bits per heavy atom. The first kappa shape index (κ1) is 14.9. The molecule has 0 aromatic heterocycles. The summed E-state index contributed by atoms with van der Waals surface area (Å²) in [5.41, 5.74) is 1.48. The van der Waals surface area contributed by atoms with Crippen molar-refractivity contribution >= 4 is 39.1 Å². The molecule has 2 nitrogen and oxygen atoms in total. The van der Waals surface area contributed by atoms with E-state index in [9.17, 15) is 9.65 Å². The van der Waals surface area contributed by atoms with Crippen LogP contribution in [0.2, 0.25) is 0 Å². The molecule has 0 spiro atoms. The molecule has 0 heterocycles. The molecule has 0 aliphatic carbocycles. The molecule has 1 N–H and O–H groups in total. The van der Waals surface area contributed by atoms with Gasteiger partial charge in [-0.1, -0.05) is 19.1 Å². The molecule has 20 heavy (non-hydrogen) atoms. The lowest BCUT2D eigenvalue weighted by atomic mass is 10.2. The molecule has 0 aliphatic rings. The van der Waals surface area contributed by atoms with Gasteiger partial charge < -0.3 is 5.32 Å². The van der Waals surface area contributed by atoms with E-state index < -0.39 is 0 Å². The van der Waals surface area contributed by atoms with E-state index in [0.717, 1.165) is 10.6 Å². The van der Waals surface area contributed by atoms with Crippen LogP contribution in [0.3, 0.4) is 0 Å². The maximum Gasteiger partial charge on any atom is 0.147 e. The van der Waals surface area contributed by atoms with Gasteiger partial charge in [0.2, 0.25) is 0 Å². The van der Waals surface area contributed by atoms with Crippen molar-refractivity contribution in [3.63, 3.8) is 0 Å². The van der Waals surface area contributed by atoms with Crippen molar-refractivity contribution in [2.75, 3.05) is 11.1 Å². The minimum absolute atomic E-state index is 0.336. The number of benzene rings is 2. The number of para-hydroxylation sites is 1.